The molecule has 1 aliphatic carbocycles. The van der Waals surface area contributed by atoms with Gasteiger partial charge in [-0.3, -0.25) is 9.59 Å². The van der Waals surface area contributed by atoms with Gasteiger partial charge in [0, 0.05) is 17.1 Å². The first kappa shape index (κ1) is 15.6. The van der Waals surface area contributed by atoms with E-state index in [0.717, 1.165) is 6.42 Å². The number of rotatable bonds is 5. The molecule has 1 aromatic rings. The Kier molecular flexibility index (Phi) is 5.07. The number of carboxylic acids is 1. The van der Waals surface area contributed by atoms with Gasteiger partial charge in [0.25, 0.3) is 0 Å². The van der Waals surface area contributed by atoms with E-state index < -0.39 is 17.8 Å². The topological polar surface area (TPSA) is 75.6 Å². The molecule has 5 nitrogen and oxygen atoms in total. The zero-order valence-electron chi connectivity index (χ0n) is 11.8. The molecule has 114 valence electrons. The first-order chi connectivity index (χ1) is 10.0. The first-order valence-electron chi connectivity index (χ1n) is 6.86. The van der Waals surface area contributed by atoms with E-state index in [9.17, 15) is 9.59 Å². The van der Waals surface area contributed by atoms with E-state index in [2.05, 4.69) is 5.32 Å². The summed E-state index contributed by atoms with van der Waals surface area (Å²) in [5, 5.41) is 12.4. The Morgan fingerprint density at radius 2 is 2.10 bits per heavy atom. The molecule has 2 unspecified atom stereocenters. The minimum Gasteiger partial charge on any atom is -0.496 e. The molecule has 1 amide bonds. The number of ether oxygens (including phenoxy) is 1. The molecule has 6 heteroatoms. The van der Waals surface area contributed by atoms with Crippen molar-refractivity contribution in [2.45, 2.75) is 25.8 Å². The fraction of sp³-hybridized carbons (Fsp3) is 0.467. The van der Waals surface area contributed by atoms with Crippen LogP contribution in [-0.2, 0) is 16.1 Å². The molecular weight excluding hydrogens is 294 g/mol. The second-order valence-electron chi connectivity index (χ2n) is 5.12. The Labute approximate surface area is 128 Å². The molecule has 2 atom stereocenters. The molecule has 2 N–H and O–H groups in total. The fourth-order valence-corrected chi connectivity index (χ4v) is 3.01. The van der Waals surface area contributed by atoms with Crippen molar-refractivity contribution in [1.82, 2.24) is 5.32 Å². The molecule has 1 saturated carbocycles. The van der Waals surface area contributed by atoms with Crippen LogP contribution in [0.15, 0.2) is 18.2 Å². The van der Waals surface area contributed by atoms with Gasteiger partial charge >= 0.3 is 5.97 Å². The van der Waals surface area contributed by atoms with E-state index in [1.54, 1.807) is 18.2 Å². The summed E-state index contributed by atoms with van der Waals surface area (Å²) in [6.45, 7) is 0.227. The highest BCUT2D eigenvalue weighted by molar-refractivity contribution is 6.31. The molecule has 1 fully saturated rings. The summed E-state index contributed by atoms with van der Waals surface area (Å²) in [6, 6.07) is 5.26. The zero-order chi connectivity index (χ0) is 15.4. The van der Waals surface area contributed by atoms with Gasteiger partial charge in [-0.2, -0.15) is 0 Å². The lowest BCUT2D eigenvalue weighted by atomic mass is 9.95. The molecular formula is C15H18ClNO4. The maximum atomic E-state index is 12.2. The highest BCUT2D eigenvalue weighted by Gasteiger charge is 2.37. The molecule has 2 rings (SSSR count). The number of amides is 1. The smallest absolute Gasteiger partial charge is 0.307 e. The lowest BCUT2D eigenvalue weighted by Gasteiger charge is -2.17. The number of methoxy groups -OCH3 is 1. The van der Waals surface area contributed by atoms with E-state index in [1.807, 2.05) is 0 Å². The molecule has 0 spiro atoms. The molecule has 0 aliphatic heterocycles. The third-order valence-electron chi connectivity index (χ3n) is 3.91. The highest BCUT2D eigenvalue weighted by Crippen LogP contribution is 2.32. The number of carbonyl (C=O) groups is 2. The number of carbonyl (C=O) groups excluding carboxylic acids is 1. The largest absolute Gasteiger partial charge is 0.496 e. The van der Waals surface area contributed by atoms with Gasteiger partial charge in [0.2, 0.25) is 5.91 Å². The predicted molar refractivity (Wildman–Crippen MR) is 78.3 cm³/mol. The van der Waals surface area contributed by atoms with E-state index >= 15 is 0 Å². The van der Waals surface area contributed by atoms with Gasteiger partial charge in [0.05, 0.1) is 18.9 Å². The van der Waals surface area contributed by atoms with E-state index in [-0.39, 0.29) is 12.5 Å². The van der Waals surface area contributed by atoms with Crippen molar-refractivity contribution in [2.24, 2.45) is 11.8 Å². The average molecular weight is 312 g/mol. The van der Waals surface area contributed by atoms with Gasteiger partial charge in [0.1, 0.15) is 5.75 Å². The molecule has 0 saturated heterocycles. The number of carboxylic acid groups (broad SMARTS) is 1. The van der Waals surface area contributed by atoms with Crippen molar-refractivity contribution in [1.29, 1.82) is 0 Å². The van der Waals surface area contributed by atoms with Crippen LogP contribution in [0.5, 0.6) is 5.75 Å². The van der Waals surface area contributed by atoms with Crippen LogP contribution in [0.3, 0.4) is 0 Å². The van der Waals surface area contributed by atoms with Crippen LogP contribution in [0.1, 0.15) is 24.8 Å². The SMILES string of the molecule is COc1cccc(Cl)c1CNC(=O)C1CCCC1C(=O)O. The van der Waals surface area contributed by atoms with Gasteiger partial charge in [-0.1, -0.05) is 24.1 Å². The summed E-state index contributed by atoms with van der Waals surface area (Å²) < 4.78 is 5.21. The minimum atomic E-state index is -0.900. The van der Waals surface area contributed by atoms with Crippen molar-refractivity contribution in [3.63, 3.8) is 0 Å². The van der Waals surface area contributed by atoms with Crippen LogP contribution in [0.25, 0.3) is 0 Å². The second-order valence-corrected chi connectivity index (χ2v) is 5.53. The summed E-state index contributed by atoms with van der Waals surface area (Å²) in [7, 11) is 1.54. The molecule has 0 radical (unpaired) electrons. The number of hydrogen-bond donors (Lipinski definition) is 2. The van der Waals surface area contributed by atoms with Crippen molar-refractivity contribution in [3.8, 4) is 5.75 Å². The lowest BCUT2D eigenvalue weighted by molar-refractivity contribution is -0.146. The Hall–Kier alpha value is -1.75. The Morgan fingerprint density at radius 1 is 1.38 bits per heavy atom. The van der Waals surface area contributed by atoms with Gasteiger partial charge in [-0.25, -0.2) is 0 Å². The van der Waals surface area contributed by atoms with E-state index in [1.165, 1.54) is 7.11 Å². The third kappa shape index (κ3) is 3.47. The maximum Gasteiger partial charge on any atom is 0.307 e. The van der Waals surface area contributed by atoms with Crippen LogP contribution in [-0.4, -0.2) is 24.1 Å². The normalized spacial score (nSPS) is 21.0. The quantitative estimate of drug-likeness (QED) is 0.876. The number of hydrogen-bond acceptors (Lipinski definition) is 3. The average Bonchev–Trinajstić information content (AvgIpc) is 2.95. The molecule has 21 heavy (non-hydrogen) atoms. The fourth-order valence-electron chi connectivity index (χ4n) is 2.78. The van der Waals surface area contributed by atoms with Crippen molar-refractivity contribution in [3.05, 3.63) is 28.8 Å². The summed E-state index contributed by atoms with van der Waals surface area (Å²) in [5.41, 5.74) is 0.694. The van der Waals surface area contributed by atoms with Gasteiger partial charge in [-0.15, -0.1) is 0 Å². The predicted octanol–water partition coefficient (Wildman–Crippen LogP) is 2.47. The second kappa shape index (κ2) is 6.80. The van der Waals surface area contributed by atoms with Gasteiger partial charge in [0.15, 0.2) is 0 Å². The standard InChI is InChI=1S/C15H18ClNO4/c1-21-13-7-3-6-12(16)11(13)8-17-14(18)9-4-2-5-10(9)15(19)20/h3,6-7,9-10H,2,4-5,8H2,1H3,(H,17,18)(H,19,20). The molecule has 0 aromatic heterocycles. The van der Waals surface area contributed by atoms with Crippen molar-refractivity contribution in [2.75, 3.05) is 7.11 Å². The Balaban J connectivity index is 2.03. The molecule has 0 heterocycles. The molecule has 1 aliphatic rings. The molecule has 1 aromatic carbocycles. The lowest BCUT2D eigenvalue weighted by Crippen LogP contribution is -2.35. The monoisotopic (exact) mass is 311 g/mol. The number of benzene rings is 1. The van der Waals surface area contributed by atoms with Crippen LogP contribution >= 0.6 is 11.6 Å². The van der Waals surface area contributed by atoms with Crippen LogP contribution < -0.4 is 10.1 Å². The van der Waals surface area contributed by atoms with Gasteiger partial charge < -0.3 is 15.2 Å². The Morgan fingerprint density at radius 3 is 2.76 bits per heavy atom. The summed E-state index contributed by atoms with van der Waals surface area (Å²) in [6.07, 6.45) is 1.94. The summed E-state index contributed by atoms with van der Waals surface area (Å²) in [4.78, 5) is 23.3. The van der Waals surface area contributed by atoms with Crippen molar-refractivity contribution < 1.29 is 19.4 Å². The molecule has 0 bridgehead atoms. The minimum absolute atomic E-state index is 0.227. The van der Waals surface area contributed by atoms with Crippen molar-refractivity contribution >= 4 is 23.5 Å². The van der Waals surface area contributed by atoms with Crippen LogP contribution in [0.4, 0.5) is 0 Å². The van der Waals surface area contributed by atoms with E-state index in [4.69, 9.17) is 21.4 Å². The number of halogens is 1. The summed E-state index contributed by atoms with van der Waals surface area (Å²) >= 11 is 6.10. The summed E-state index contributed by atoms with van der Waals surface area (Å²) in [5.74, 6) is -1.58. The third-order valence-corrected chi connectivity index (χ3v) is 4.26. The first-order valence-corrected chi connectivity index (χ1v) is 7.24. The number of aliphatic carboxylic acids is 1. The van der Waals surface area contributed by atoms with Crippen LogP contribution in [0, 0.1) is 11.8 Å². The maximum absolute atomic E-state index is 12.2. The van der Waals surface area contributed by atoms with E-state index in [0.29, 0.717) is 29.2 Å². The van der Waals surface area contributed by atoms with Crippen LogP contribution in [0.2, 0.25) is 5.02 Å². The zero-order valence-corrected chi connectivity index (χ0v) is 12.5. The number of nitrogens with one attached hydrogen (secondary N) is 1. The highest BCUT2D eigenvalue weighted by atomic mass is 35.5. The Bertz CT molecular complexity index is 546. The van der Waals surface area contributed by atoms with Gasteiger partial charge in [-0.05, 0) is 25.0 Å².